The third-order valence-corrected chi connectivity index (χ3v) is 7.24. The molecule has 0 saturated carbocycles. The first kappa shape index (κ1) is 22.6. The van der Waals surface area contributed by atoms with Gasteiger partial charge in [0.25, 0.3) is 15.9 Å². The van der Waals surface area contributed by atoms with Crippen LogP contribution in [0.4, 0.5) is 5.69 Å². The number of sulfonamides is 1. The van der Waals surface area contributed by atoms with Crippen molar-refractivity contribution < 1.29 is 18.3 Å². The number of benzene rings is 3. The second-order valence-corrected chi connectivity index (χ2v) is 9.86. The molecule has 0 aliphatic carbocycles. The first-order valence-corrected chi connectivity index (χ1v) is 12.2. The number of nitrogens with one attached hydrogen (secondary N) is 1. The molecule has 0 saturated heterocycles. The van der Waals surface area contributed by atoms with Crippen molar-refractivity contribution >= 4 is 27.2 Å². The van der Waals surface area contributed by atoms with Gasteiger partial charge in [0.2, 0.25) is 0 Å². The van der Waals surface area contributed by atoms with E-state index in [9.17, 15) is 18.3 Å². The van der Waals surface area contributed by atoms with Gasteiger partial charge in [-0.2, -0.15) is 0 Å². The van der Waals surface area contributed by atoms with Crippen molar-refractivity contribution in [3.63, 3.8) is 0 Å². The number of hydrogen-bond acceptors (Lipinski definition) is 4. The van der Waals surface area contributed by atoms with Crippen molar-refractivity contribution in [3.8, 4) is 5.75 Å². The molecule has 1 aliphatic heterocycles. The molecule has 0 unspecified atom stereocenters. The maximum Gasteiger partial charge on any atom is 0.261 e. The Morgan fingerprint density at radius 3 is 2.36 bits per heavy atom. The molecule has 2 N–H and O–H groups in total. The Labute approximate surface area is 194 Å². The molecular weight excluding hydrogens is 436 g/mol. The number of phenolic OH excluding ortho intramolecular Hbond substituents is 1. The van der Waals surface area contributed by atoms with Crippen LogP contribution in [0.15, 0.2) is 77.7 Å². The van der Waals surface area contributed by atoms with Gasteiger partial charge in [0.15, 0.2) is 0 Å². The van der Waals surface area contributed by atoms with Gasteiger partial charge in [-0.3, -0.25) is 9.52 Å². The van der Waals surface area contributed by atoms with Gasteiger partial charge in [-0.25, -0.2) is 8.42 Å². The number of rotatable bonds is 5. The Bertz CT molecular complexity index is 1330. The predicted molar refractivity (Wildman–Crippen MR) is 130 cm³/mol. The van der Waals surface area contributed by atoms with Crippen LogP contribution in [0.5, 0.6) is 5.75 Å². The highest BCUT2D eigenvalue weighted by Crippen LogP contribution is 2.26. The lowest BCUT2D eigenvalue weighted by Crippen LogP contribution is -2.35. The Hall–Kier alpha value is -3.58. The summed E-state index contributed by atoms with van der Waals surface area (Å²) < 4.78 is 28.6. The largest absolute Gasteiger partial charge is 0.508 e. The number of nitrogens with zero attached hydrogens (tertiary/aromatic N) is 1. The number of aryl methyl sites for hydroxylation is 2. The minimum Gasteiger partial charge on any atom is -0.508 e. The van der Waals surface area contributed by atoms with Gasteiger partial charge >= 0.3 is 0 Å². The lowest BCUT2D eigenvalue weighted by atomic mass is 9.98. The summed E-state index contributed by atoms with van der Waals surface area (Å²) >= 11 is 0. The summed E-state index contributed by atoms with van der Waals surface area (Å²) in [5.74, 6) is 0.0237. The maximum atomic E-state index is 13.2. The zero-order valence-electron chi connectivity index (χ0n) is 18.6. The number of amides is 1. The van der Waals surface area contributed by atoms with Crippen molar-refractivity contribution in [2.45, 2.75) is 25.2 Å². The van der Waals surface area contributed by atoms with Crippen LogP contribution in [-0.4, -0.2) is 37.4 Å². The Morgan fingerprint density at radius 1 is 0.970 bits per heavy atom. The molecule has 1 heterocycles. The molecule has 4 rings (SSSR count). The molecule has 0 radical (unpaired) electrons. The van der Waals surface area contributed by atoms with E-state index in [-0.39, 0.29) is 16.6 Å². The van der Waals surface area contributed by atoms with E-state index in [1.165, 1.54) is 12.1 Å². The topological polar surface area (TPSA) is 86.7 Å². The summed E-state index contributed by atoms with van der Waals surface area (Å²) in [6.07, 6.45) is 2.69. The molecule has 6 nitrogen and oxygen atoms in total. The van der Waals surface area contributed by atoms with Crippen LogP contribution in [0, 0.1) is 13.8 Å². The Morgan fingerprint density at radius 2 is 1.70 bits per heavy atom. The fraction of sp³-hybridized carbons (Fsp3) is 0.192. The van der Waals surface area contributed by atoms with E-state index < -0.39 is 10.0 Å². The molecule has 170 valence electrons. The van der Waals surface area contributed by atoms with Crippen LogP contribution >= 0.6 is 0 Å². The molecule has 33 heavy (non-hydrogen) atoms. The van der Waals surface area contributed by atoms with Gasteiger partial charge in [-0.15, -0.1) is 0 Å². The van der Waals surface area contributed by atoms with Crippen molar-refractivity contribution in [2.24, 2.45) is 0 Å². The van der Waals surface area contributed by atoms with Crippen LogP contribution < -0.4 is 4.72 Å². The van der Waals surface area contributed by atoms with E-state index in [4.69, 9.17) is 0 Å². The van der Waals surface area contributed by atoms with E-state index in [0.29, 0.717) is 30.8 Å². The first-order chi connectivity index (χ1) is 15.7. The number of para-hydroxylation sites is 1. The molecule has 0 atom stereocenters. The monoisotopic (exact) mass is 462 g/mol. The van der Waals surface area contributed by atoms with Gasteiger partial charge in [-0.05, 0) is 72.9 Å². The first-order valence-electron chi connectivity index (χ1n) is 10.7. The minimum atomic E-state index is -3.84. The summed E-state index contributed by atoms with van der Waals surface area (Å²) in [6.45, 7) is 4.61. The third-order valence-electron chi connectivity index (χ3n) is 5.87. The summed E-state index contributed by atoms with van der Waals surface area (Å²) in [5.41, 5.74) is 4.57. The lowest BCUT2D eigenvalue weighted by Gasteiger charge is -2.27. The molecule has 0 bridgehead atoms. The second-order valence-electron chi connectivity index (χ2n) is 8.17. The Kier molecular flexibility index (Phi) is 6.24. The molecule has 7 heteroatoms. The van der Waals surface area contributed by atoms with Crippen LogP contribution in [0.2, 0.25) is 0 Å². The van der Waals surface area contributed by atoms with Crippen molar-refractivity contribution in [1.29, 1.82) is 0 Å². The van der Waals surface area contributed by atoms with Gasteiger partial charge in [0.1, 0.15) is 5.75 Å². The number of hydrogen-bond donors (Lipinski definition) is 2. The average Bonchev–Trinajstić information content (AvgIpc) is 2.81. The highest BCUT2D eigenvalue weighted by atomic mass is 32.2. The number of carbonyl (C=O) groups is 1. The van der Waals surface area contributed by atoms with E-state index in [1.807, 2.05) is 37.3 Å². The number of phenols is 1. The molecule has 0 aromatic heterocycles. The highest BCUT2D eigenvalue weighted by Gasteiger charge is 2.23. The predicted octanol–water partition coefficient (Wildman–Crippen LogP) is 4.74. The smallest absolute Gasteiger partial charge is 0.261 e. The minimum absolute atomic E-state index is 0.0528. The van der Waals surface area contributed by atoms with E-state index >= 15 is 0 Å². The zero-order valence-corrected chi connectivity index (χ0v) is 19.4. The summed E-state index contributed by atoms with van der Waals surface area (Å²) in [7, 11) is -3.84. The van der Waals surface area contributed by atoms with Crippen molar-refractivity contribution in [2.75, 3.05) is 17.8 Å². The summed E-state index contributed by atoms with van der Waals surface area (Å²) in [5, 5.41) is 9.48. The summed E-state index contributed by atoms with van der Waals surface area (Å²) in [6, 6.07) is 18.8. The SMILES string of the molecule is Cc1ccccc1NS(=O)(=O)c1ccc(C)c(C(=O)N2CC=C(c3ccc(O)cc3)CC2)c1. The van der Waals surface area contributed by atoms with Crippen LogP contribution in [0.3, 0.4) is 0 Å². The van der Waals surface area contributed by atoms with Gasteiger partial charge in [-0.1, -0.05) is 42.5 Å². The molecule has 1 amide bonds. The van der Waals surface area contributed by atoms with Gasteiger partial charge < -0.3 is 10.0 Å². The van der Waals surface area contributed by atoms with Crippen LogP contribution in [-0.2, 0) is 10.0 Å². The normalized spacial score (nSPS) is 14.0. The zero-order chi connectivity index (χ0) is 23.6. The molecule has 0 spiro atoms. The standard InChI is InChI=1S/C26H26N2O4S/c1-18-7-12-23(33(31,32)27-25-6-4-3-5-19(25)2)17-24(18)26(30)28-15-13-21(14-16-28)20-8-10-22(29)11-9-20/h3-13,17,27,29H,14-16H2,1-2H3. The van der Waals surface area contributed by atoms with Gasteiger partial charge in [0.05, 0.1) is 10.6 Å². The highest BCUT2D eigenvalue weighted by molar-refractivity contribution is 7.92. The molecule has 3 aromatic carbocycles. The second kappa shape index (κ2) is 9.11. The fourth-order valence-electron chi connectivity index (χ4n) is 3.85. The maximum absolute atomic E-state index is 13.2. The van der Waals surface area contributed by atoms with Gasteiger partial charge in [0, 0.05) is 18.7 Å². The summed E-state index contributed by atoms with van der Waals surface area (Å²) in [4.78, 5) is 15.0. The molecule has 0 fully saturated rings. The molecular formula is C26H26N2O4S. The fourth-order valence-corrected chi connectivity index (χ4v) is 5.01. The van der Waals surface area contributed by atoms with E-state index in [0.717, 1.165) is 22.3 Å². The third kappa shape index (κ3) is 4.93. The van der Waals surface area contributed by atoms with Crippen LogP contribution in [0.1, 0.15) is 33.5 Å². The van der Waals surface area contributed by atoms with Crippen LogP contribution in [0.25, 0.3) is 5.57 Å². The van der Waals surface area contributed by atoms with Crippen molar-refractivity contribution in [3.05, 3.63) is 95.1 Å². The quantitative estimate of drug-likeness (QED) is 0.573. The van der Waals surface area contributed by atoms with Crippen molar-refractivity contribution in [1.82, 2.24) is 4.90 Å². The number of anilines is 1. The van der Waals surface area contributed by atoms with E-state index in [2.05, 4.69) is 4.72 Å². The molecule has 3 aromatic rings. The van der Waals surface area contributed by atoms with E-state index in [1.54, 1.807) is 42.2 Å². The Balaban J connectivity index is 1.55. The molecule has 1 aliphatic rings. The number of carbonyl (C=O) groups excluding carboxylic acids is 1. The average molecular weight is 463 g/mol. The lowest BCUT2D eigenvalue weighted by molar-refractivity contribution is 0.0772. The number of aromatic hydroxyl groups is 1.